The molecule has 1 saturated heterocycles. The van der Waals surface area contributed by atoms with Gasteiger partial charge in [0.05, 0.1) is 11.1 Å². The van der Waals surface area contributed by atoms with Crippen LogP contribution in [-0.2, 0) is 0 Å². The minimum Gasteiger partial charge on any atom is -0.392 e. The molecule has 3 rings (SSSR count). The van der Waals surface area contributed by atoms with E-state index in [0.717, 1.165) is 57.9 Å². The number of nitrogens with one attached hydrogen (secondary N) is 1. The number of hydrogen-bond donors (Lipinski definition) is 2. The van der Waals surface area contributed by atoms with Crippen molar-refractivity contribution < 1.29 is 5.11 Å². The number of thiophene rings is 1. The SMILES string of the molecule is CN=C(NCC1(C)CCCCC1O)N1CCN(c2cccs2)CC1.I. The molecule has 2 heterocycles. The molecule has 0 amide bonds. The van der Waals surface area contributed by atoms with E-state index in [0.29, 0.717) is 0 Å². The summed E-state index contributed by atoms with van der Waals surface area (Å²) < 4.78 is 0. The molecule has 2 aliphatic rings. The minimum absolute atomic E-state index is 0. The van der Waals surface area contributed by atoms with Gasteiger partial charge in [0.1, 0.15) is 0 Å². The van der Waals surface area contributed by atoms with Gasteiger partial charge in [-0.25, -0.2) is 0 Å². The van der Waals surface area contributed by atoms with Crippen molar-refractivity contribution in [1.29, 1.82) is 0 Å². The second-order valence-electron chi connectivity index (χ2n) is 7.24. The quantitative estimate of drug-likeness (QED) is 0.399. The summed E-state index contributed by atoms with van der Waals surface area (Å²) in [7, 11) is 1.85. The van der Waals surface area contributed by atoms with Crippen molar-refractivity contribution in [2.45, 2.75) is 38.7 Å². The van der Waals surface area contributed by atoms with Crippen LogP contribution in [0.1, 0.15) is 32.6 Å². The molecule has 1 aliphatic carbocycles. The first kappa shape index (κ1) is 20.8. The van der Waals surface area contributed by atoms with Crippen LogP contribution in [0.5, 0.6) is 0 Å². The van der Waals surface area contributed by atoms with Gasteiger partial charge in [-0.3, -0.25) is 4.99 Å². The molecule has 0 radical (unpaired) electrons. The highest BCUT2D eigenvalue weighted by molar-refractivity contribution is 14.0. The highest BCUT2D eigenvalue weighted by Gasteiger charge is 2.35. The van der Waals surface area contributed by atoms with Crippen LogP contribution in [0.2, 0.25) is 0 Å². The number of nitrogens with zero attached hydrogens (tertiary/aromatic N) is 3. The Morgan fingerprint density at radius 1 is 1.36 bits per heavy atom. The van der Waals surface area contributed by atoms with Crippen LogP contribution in [0.4, 0.5) is 5.00 Å². The van der Waals surface area contributed by atoms with Crippen molar-refractivity contribution in [1.82, 2.24) is 10.2 Å². The molecule has 5 nitrogen and oxygen atoms in total. The molecule has 0 bridgehead atoms. The number of guanidine groups is 1. The number of aliphatic hydroxyl groups is 1. The van der Waals surface area contributed by atoms with E-state index < -0.39 is 0 Å². The first-order chi connectivity index (χ1) is 11.6. The van der Waals surface area contributed by atoms with Crippen molar-refractivity contribution in [2.24, 2.45) is 10.4 Å². The van der Waals surface area contributed by atoms with E-state index in [1.54, 1.807) is 0 Å². The number of hydrogen-bond acceptors (Lipinski definition) is 4. The molecule has 7 heteroatoms. The molecule has 142 valence electrons. The zero-order valence-electron chi connectivity index (χ0n) is 15.3. The van der Waals surface area contributed by atoms with Gasteiger partial charge in [0.15, 0.2) is 5.96 Å². The Morgan fingerprint density at radius 2 is 2.12 bits per heavy atom. The summed E-state index contributed by atoms with van der Waals surface area (Å²) in [4.78, 5) is 9.26. The Kier molecular flexibility index (Phi) is 7.82. The lowest BCUT2D eigenvalue weighted by Gasteiger charge is -2.41. The van der Waals surface area contributed by atoms with Crippen molar-refractivity contribution in [3.05, 3.63) is 17.5 Å². The Morgan fingerprint density at radius 3 is 2.72 bits per heavy atom. The van der Waals surface area contributed by atoms with Gasteiger partial charge >= 0.3 is 0 Å². The predicted molar refractivity (Wildman–Crippen MR) is 117 cm³/mol. The maximum absolute atomic E-state index is 10.4. The van der Waals surface area contributed by atoms with Crippen LogP contribution in [0.3, 0.4) is 0 Å². The zero-order valence-corrected chi connectivity index (χ0v) is 18.4. The topological polar surface area (TPSA) is 51.1 Å². The van der Waals surface area contributed by atoms with Crippen LogP contribution in [0.15, 0.2) is 22.5 Å². The average Bonchev–Trinajstić information content (AvgIpc) is 3.13. The highest BCUT2D eigenvalue weighted by Crippen LogP contribution is 2.35. The summed E-state index contributed by atoms with van der Waals surface area (Å²) in [5.74, 6) is 0.972. The molecule has 25 heavy (non-hydrogen) atoms. The van der Waals surface area contributed by atoms with Crippen LogP contribution < -0.4 is 10.2 Å². The molecular weight excluding hydrogens is 447 g/mol. The molecule has 2 N–H and O–H groups in total. The molecule has 2 atom stereocenters. The fourth-order valence-corrected chi connectivity index (χ4v) is 4.57. The summed E-state index contributed by atoms with van der Waals surface area (Å²) in [5, 5.41) is 17.4. The largest absolute Gasteiger partial charge is 0.392 e. The normalized spacial score (nSPS) is 27.8. The van der Waals surface area contributed by atoms with E-state index in [2.05, 4.69) is 44.5 Å². The summed E-state index contributed by atoms with van der Waals surface area (Å²) in [6.07, 6.45) is 4.18. The standard InChI is InChI=1S/C18H30N4OS.HI/c1-18(8-4-3-6-15(18)23)14-20-17(19-2)22-11-9-21(10-12-22)16-7-5-13-24-16;/h5,7,13,15,23H,3-4,6,8-12,14H2,1-2H3,(H,19,20);1H. The number of anilines is 1. The number of aliphatic imine (C=N–C) groups is 1. The zero-order chi connectivity index (χ0) is 17.0. The first-order valence-corrected chi connectivity index (χ1v) is 9.92. The summed E-state index contributed by atoms with van der Waals surface area (Å²) in [6, 6.07) is 4.31. The van der Waals surface area contributed by atoms with E-state index in [4.69, 9.17) is 0 Å². The van der Waals surface area contributed by atoms with Gasteiger partial charge in [-0.15, -0.1) is 35.3 Å². The molecule has 1 aromatic rings. The molecule has 0 aromatic carbocycles. The Labute approximate surface area is 172 Å². The van der Waals surface area contributed by atoms with Crippen LogP contribution in [-0.4, -0.2) is 61.8 Å². The maximum atomic E-state index is 10.4. The monoisotopic (exact) mass is 478 g/mol. The van der Waals surface area contributed by atoms with Gasteiger partial charge in [-0.1, -0.05) is 19.8 Å². The molecule has 2 fully saturated rings. The predicted octanol–water partition coefficient (Wildman–Crippen LogP) is 3.00. The maximum Gasteiger partial charge on any atom is 0.193 e. The summed E-state index contributed by atoms with van der Waals surface area (Å²) in [6.45, 7) is 7.02. The first-order valence-electron chi connectivity index (χ1n) is 9.04. The number of aliphatic hydroxyl groups excluding tert-OH is 1. The van der Waals surface area contributed by atoms with Crippen molar-refractivity contribution in [2.75, 3.05) is 44.7 Å². The molecule has 1 aromatic heterocycles. The molecule has 1 aliphatic heterocycles. The second kappa shape index (κ2) is 9.41. The fraction of sp³-hybridized carbons (Fsp3) is 0.722. The Hall–Kier alpha value is -0.540. The van der Waals surface area contributed by atoms with Gasteiger partial charge in [0, 0.05) is 45.2 Å². The third kappa shape index (κ3) is 5.01. The van der Waals surface area contributed by atoms with Crippen molar-refractivity contribution in [3.63, 3.8) is 0 Å². The minimum atomic E-state index is -0.201. The lowest BCUT2D eigenvalue weighted by Crippen LogP contribution is -2.54. The van der Waals surface area contributed by atoms with E-state index in [9.17, 15) is 5.11 Å². The molecular formula is C18H31IN4OS. The van der Waals surface area contributed by atoms with E-state index >= 15 is 0 Å². The van der Waals surface area contributed by atoms with E-state index in [-0.39, 0.29) is 35.5 Å². The smallest absolute Gasteiger partial charge is 0.193 e. The lowest BCUT2D eigenvalue weighted by molar-refractivity contribution is 0.00364. The van der Waals surface area contributed by atoms with Crippen LogP contribution in [0.25, 0.3) is 0 Å². The van der Waals surface area contributed by atoms with Crippen molar-refractivity contribution >= 4 is 46.3 Å². The molecule has 2 unspecified atom stereocenters. The lowest BCUT2D eigenvalue weighted by atomic mass is 9.73. The number of piperazine rings is 1. The van der Waals surface area contributed by atoms with Gasteiger partial charge in [-0.2, -0.15) is 0 Å². The Bertz CT molecular complexity index is 545. The van der Waals surface area contributed by atoms with Crippen LogP contribution in [0, 0.1) is 5.41 Å². The average molecular weight is 478 g/mol. The van der Waals surface area contributed by atoms with Crippen LogP contribution >= 0.6 is 35.3 Å². The summed E-state index contributed by atoms with van der Waals surface area (Å²) in [5.41, 5.74) is -0.0347. The van der Waals surface area contributed by atoms with E-state index in [1.807, 2.05) is 18.4 Å². The fourth-order valence-electron chi connectivity index (χ4n) is 3.79. The molecule has 1 saturated carbocycles. The molecule has 0 spiro atoms. The Balaban J connectivity index is 0.00000225. The second-order valence-corrected chi connectivity index (χ2v) is 8.17. The number of rotatable bonds is 3. The third-order valence-electron chi connectivity index (χ3n) is 5.54. The number of halogens is 1. The van der Waals surface area contributed by atoms with Gasteiger partial charge in [0.25, 0.3) is 0 Å². The van der Waals surface area contributed by atoms with Gasteiger partial charge in [-0.05, 0) is 30.4 Å². The van der Waals surface area contributed by atoms with Crippen molar-refractivity contribution in [3.8, 4) is 0 Å². The van der Waals surface area contributed by atoms with Gasteiger partial charge < -0.3 is 20.2 Å². The van der Waals surface area contributed by atoms with Gasteiger partial charge in [0.2, 0.25) is 0 Å². The third-order valence-corrected chi connectivity index (χ3v) is 6.47. The highest BCUT2D eigenvalue weighted by atomic mass is 127. The summed E-state index contributed by atoms with van der Waals surface area (Å²) >= 11 is 1.81. The van der Waals surface area contributed by atoms with E-state index in [1.165, 1.54) is 11.4 Å².